The predicted molar refractivity (Wildman–Crippen MR) is 120 cm³/mol. The zero-order chi connectivity index (χ0) is 24.5. The fourth-order valence-corrected chi connectivity index (χ4v) is 9.33. The number of hydrogen-bond acceptors (Lipinski definition) is 6. The molecule has 0 unspecified atom stereocenters. The molecule has 2 N–H and O–H groups in total. The Balaban J connectivity index is 1.68. The minimum Gasteiger partial charge on any atom is -0.487 e. The lowest BCUT2D eigenvalue weighted by atomic mass is 9.68. The molecule has 2 fully saturated rings. The molecule has 0 amide bonds. The zero-order valence-corrected chi connectivity index (χ0v) is 20.2. The molecule has 5 rings (SSSR count). The molecule has 0 aromatic heterocycles. The number of fused-ring (bicyclic) bond motifs is 3. The summed E-state index contributed by atoms with van der Waals surface area (Å²) < 4.78 is 88.8. The quantitative estimate of drug-likeness (QED) is 0.611. The van der Waals surface area contributed by atoms with Crippen molar-refractivity contribution in [2.24, 2.45) is 0 Å². The smallest absolute Gasteiger partial charge is 0.214 e. The van der Waals surface area contributed by atoms with Crippen molar-refractivity contribution >= 4 is 31.5 Å². The van der Waals surface area contributed by atoms with Gasteiger partial charge in [-0.3, -0.25) is 0 Å². The van der Waals surface area contributed by atoms with Crippen molar-refractivity contribution in [3.05, 3.63) is 58.6 Å². The van der Waals surface area contributed by atoms with Crippen LogP contribution in [0.15, 0.2) is 41.3 Å². The lowest BCUT2D eigenvalue weighted by Gasteiger charge is -2.54. The van der Waals surface area contributed by atoms with Crippen LogP contribution in [-0.2, 0) is 24.6 Å². The zero-order valence-electron chi connectivity index (χ0n) is 17.8. The lowest BCUT2D eigenvalue weighted by Crippen LogP contribution is -2.67. The predicted octanol–water partition coefficient (Wildman–Crippen LogP) is 3.05. The van der Waals surface area contributed by atoms with Crippen LogP contribution in [0.4, 0.5) is 8.78 Å². The molecule has 2 aliphatic carbocycles. The van der Waals surface area contributed by atoms with Gasteiger partial charge in [0.05, 0.1) is 15.7 Å². The van der Waals surface area contributed by atoms with Crippen molar-refractivity contribution in [3.63, 3.8) is 0 Å². The van der Waals surface area contributed by atoms with Crippen molar-refractivity contribution < 1.29 is 35.5 Å². The summed E-state index contributed by atoms with van der Waals surface area (Å²) in [5, 5.41) is 11.6. The Kier molecular flexibility index (Phi) is 5.53. The average Bonchev–Trinajstić information content (AvgIpc) is 3.61. The summed E-state index contributed by atoms with van der Waals surface area (Å²) in [4.78, 5) is -0.233. The Morgan fingerprint density at radius 1 is 1.00 bits per heavy atom. The van der Waals surface area contributed by atoms with E-state index >= 15 is 4.39 Å². The molecular formula is C22H22ClF2NO6S2. The minimum absolute atomic E-state index is 0.0174. The number of hydrogen-bond donors (Lipinski definition) is 2. The molecule has 3 atom stereocenters. The van der Waals surface area contributed by atoms with Gasteiger partial charge >= 0.3 is 0 Å². The van der Waals surface area contributed by atoms with Gasteiger partial charge in [0, 0.05) is 11.1 Å². The summed E-state index contributed by atoms with van der Waals surface area (Å²) in [7, 11) is -8.19. The highest BCUT2D eigenvalue weighted by molar-refractivity contribution is 7.92. The molecule has 2 aromatic rings. The van der Waals surface area contributed by atoms with E-state index in [1.54, 1.807) is 0 Å². The molecule has 0 bridgehead atoms. The fourth-order valence-electron chi connectivity index (χ4n) is 5.20. The van der Waals surface area contributed by atoms with Crippen LogP contribution >= 0.6 is 11.6 Å². The molecule has 0 radical (unpaired) electrons. The van der Waals surface area contributed by atoms with Crippen molar-refractivity contribution in [3.8, 4) is 5.75 Å². The second-order valence-corrected chi connectivity index (χ2v) is 13.7. The lowest BCUT2D eigenvalue weighted by molar-refractivity contribution is -0.0888. The molecule has 1 heterocycles. The van der Waals surface area contributed by atoms with E-state index in [1.807, 2.05) is 0 Å². The van der Waals surface area contributed by atoms with E-state index in [-0.39, 0.29) is 29.2 Å². The molecule has 1 aliphatic heterocycles. The Bertz CT molecular complexity index is 1360. The molecule has 7 nitrogen and oxygen atoms in total. The highest BCUT2D eigenvalue weighted by atomic mass is 35.5. The van der Waals surface area contributed by atoms with Gasteiger partial charge in [0.15, 0.2) is 21.4 Å². The van der Waals surface area contributed by atoms with Gasteiger partial charge in [0.1, 0.15) is 22.8 Å². The Morgan fingerprint density at radius 3 is 2.29 bits per heavy atom. The summed E-state index contributed by atoms with van der Waals surface area (Å²) in [6.45, 7) is -0.658. The number of rotatable bonds is 5. The van der Waals surface area contributed by atoms with Crippen molar-refractivity contribution in [2.75, 3.05) is 6.61 Å². The third-order valence-electron chi connectivity index (χ3n) is 6.98. The van der Waals surface area contributed by atoms with E-state index in [2.05, 4.69) is 4.72 Å². The first-order chi connectivity index (χ1) is 15.9. The fraction of sp³-hybridized carbons (Fsp3) is 0.455. The van der Waals surface area contributed by atoms with Gasteiger partial charge in [-0.25, -0.2) is 30.3 Å². The topological polar surface area (TPSA) is 110 Å². The standard InChI is InChI=1S/C22H22ClF2NO6S2/c23-13-1-3-15(4-2-13)33(28,29)22-10-9-14(26-34(30,31)16-5-6-16)11-21(22,27)12-32-20-18(25)8-7-17(24)19(20)22/h1-4,7-8,14,16,26-27H,5-6,9-12H2/t14-,21+,22-/m1/s1. The van der Waals surface area contributed by atoms with Gasteiger partial charge in [-0.05, 0) is 68.5 Å². The SMILES string of the molecule is O=S(=O)(N[C@@H]1CC[C@@]2(S(=O)(=O)c3ccc(Cl)cc3)c3c(F)ccc(F)c3OC[C@@]2(O)C1)C1CC1. The summed E-state index contributed by atoms with van der Waals surface area (Å²) >= 11 is 5.91. The normalized spacial score (nSPS) is 29.1. The van der Waals surface area contributed by atoms with Crippen LogP contribution in [0.5, 0.6) is 5.75 Å². The maximum absolute atomic E-state index is 15.3. The first kappa shape index (κ1) is 23.9. The van der Waals surface area contributed by atoms with E-state index in [1.165, 1.54) is 24.3 Å². The molecule has 12 heteroatoms. The van der Waals surface area contributed by atoms with Crippen LogP contribution in [0.1, 0.15) is 37.7 Å². The monoisotopic (exact) mass is 533 g/mol. The van der Waals surface area contributed by atoms with Gasteiger partial charge in [-0.2, -0.15) is 0 Å². The van der Waals surface area contributed by atoms with Crippen LogP contribution in [0.25, 0.3) is 0 Å². The summed E-state index contributed by atoms with van der Waals surface area (Å²) in [5.74, 6) is -2.57. The molecule has 184 valence electrons. The third kappa shape index (κ3) is 3.47. The van der Waals surface area contributed by atoms with Crippen LogP contribution in [0.3, 0.4) is 0 Å². The average molecular weight is 534 g/mol. The Labute approximate surface area is 201 Å². The van der Waals surface area contributed by atoms with E-state index < -0.39 is 71.1 Å². The molecular weight excluding hydrogens is 512 g/mol. The van der Waals surface area contributed by atoms with Crippen molar-refractivity contribution in [1.29, 1.82) is 0 Å². The van der Waals surface area contributed by atoms with Gasteiger partial charge < -0.3 is 9.84 Å². The van der Waals surface area contributed by atoms with Gasteiger partial charge in [0.25, 0.3) is 0 Å². The molecule has 2 saturated carbocycles. The first-order valence-corrected chi connectivity index (χ1v) is 14.2. The van der Waals surface area contributed by atoms with E-state index in [9.17, 15) is 26.3 Å². The van der Waals surface area contributed by atoms with Gasteiger partial charge in [-0.1, -0.05) is 11.6 Å². The minimum atomic E-state index is -4.56. The molecule has 3 aliphatic rings. The summed E-state index contributed by atoms with van der Waals surface area (Å²) in [6.07, 6.45) is 0.324. The molecule has 0 saturated heterocycles. The summed E-state index contributed by atoms with van der Waals surface area (Å²) in [6, 6.07) is 6.00. The van der Waals surface area contributed by atoms with Crippen molar-refractivity contribution in [2.45, 2.75) is 58.6 Å². The van der Waals surface area contributed by atoms with E-state index in [0.717, 1.165) is 12.1 Å². The van der Waals surface area contributed by atoms with E-state index in [4.69, 9.17) is 16.3 Å². The third-order valence-corrected chi connectivity index (χ3v) is 11.8. The second-order valence-electron chi connectivity index (χ2n) is 9.14. The first-order valence-electron chi connectivity index (χ1n) is 10.8. The van der Waals surface area contributed by atoms with Crippen LogP contribution < -0.4 is 9.46 Å². The maximum Gasteiger partial charge on any atom is 0.214 e. The number of nitrogens with one attached hydrogen (secondary N) is 1. The van der Waals surface area contributed by atoms with Crippen LogP contribution in [-0.4, -0.2) is 45.4 Å². The number of sulfonamides is 1. The number of sulfone groups is 1. The highest BCUT2D eigenvalue weighted by Gasteiger charge is 2.67. The maximum atomic E-state index is 15.3. The second kappa shape index (κ2) is 7.86. The largest absolute Gasteiger partial charge is 0.487 e. The number of aliphatic hydroxyl groups is 1. The molecule has 0 spiro atoms. The van der Waals surface area contributed by atoms with Crippen molar-refractivity contribution in [1.82, 2.24) is 4.72 Å². The van der Waals surface area contributed by atoms with E-state index in [0.29, 0.717) is 12.8 Å². The van der Waals surface area contributed by atoms with Gasteiger partial charge in [-0.15, -0.1) is 0 Å². The van der Waals surface area contributed by atoms with Crippen LogP contribution in [0, 0.1) is 11.6 Å². The van der Waals surface area contributed by atoms with Crippen LogP contribution in [0.2, 0.25) is 5.02 Å². The Hall–Kier alpha value is -1.79. The summed E-state index contributed by atoms with van der Waals surface area (Å²) in [5.41, 5.74) is -2.83. The number of ether oxygens (including phenoxy) is 1. The molecule has 34 heavy (non-hydrogen) atoms. The van der Waals surface area contributed by atoms with Gasteiger partial charge in [0.2, 0.25) is 10.0 Å². The molecule has 2 aromatic carbocycles. The highest BCUT2D eigenvalue weighted by Crippen LogP contribution is 2.58. The number of benzene rings is 2. The number of halogens is 3. The Morgan fingerprint density at radius 2 is 1.65 bits per heavy atom.